The zero-order valence-electron chi connectivity index (χ0n) is 16.4. The first kappa shape index (κ1) is 20.7. The van der Waals surface area contributed by atoms with E-state index in [1.165, 1.54) is 0 Å². The Morgan fingerprint density at radius 1 is 0.926 bits per heavy atom. The van der Waals surface area contributed by atoms with Crippen molar-refractivity contribution < 1.29 is 9.59 Å². The Balaban J connectivity index is 2.14. The molecule has 2 rings (SSSR count). The molecular weight excluding hydrogens is 336 g/mol. The first-order valence-electron chi connectivity index (χ1n) is 9.80. The summed E-state index contributed by atoms with van der Waals surface area (Å²) in [5.41, 5.74) is 2.17. The van der Waals surface area contributed by atoms with E-state index in [-0.39, 0.29) is 11.8 Å². The predicted molar refractivity (Wildman–Crippen MR) is 109 cm³/mol. The molecule has 1 N–H and O–H groups in total. The molecule has 0 aliphatic heterocycles. The summed E-state index contributed by atoms with van der Waals surface area (Å²) in [6, 6.07) is 19.4. The summed E-state index contributed by atoms with van der Waals surface area (Å²) in [7, 11) is 0. The standard InChI is InChI=1S/C23H30N2O2/c1-3-17-24-23(27)21(4-2)25(18-20-13-9-6-10-14-20)22(26)16-15-19-11-7-5-8-12-19/h5-14,21H,3-4,15-18H2,1-2H3,(H,24,27)/t21-/m1/s1. The van der Waals surface area contributed by atoms with Crippen LogP contribution in [0, 0.1) is 0 Å². The van der Waals surface area contributed by atoms with Crippen LogP contribution in [0.2, 0.25) is 0 Å². The summed E-state index contributed by atoms with van der Waals surface area (Å²) in [6.07, 6.45) is 2.55. The van der Waals surface area contributed by atoms with E-state index in [0.717, 1.165) is 17.5 Å². The fourth-order valence-electron chi connectivity index (χ4n) is 3.11. The van der Waals surface area contributed by atoms with Gasteiger partial charge in [-0.15, -0.1) is 0 Å². The van der Waals surface area contributed by atoms with Crippen LogP contribution in [0.15, 0.2) is 60.7 Å². The number of nitrogens with one attached hydrogen (secondary N) is 1. The molecule has 2 aromatic carbocycles. The van der Waals surface area contributed by atoms with Gasteiger partial charge >= 0.3 is 0 Å². The molecule has 0 heterocycles. The zero-order chi connectivity index (χ0) is 19.5. The molecule has 0 unspecified atom stereocenters. The zero-order valence-corrected chi connectivity index (χ0v) is 16.4. The molecule has 144 valence electrons. The Labute approximate surface area is 162 Å². The highest BCUT2D eigenvalue weighted by Crippen LogP contribution is 2.15. The third-order valence-corrected chi connectivity index (χ3v) is 4.60. The Morgan fingerprint density at radius 2 is 1.52 bits per heavy atom. The van der Waals surface area contributed by atoms with Crippen LogP contribution in [0.25, 0.3) is 0 Å². The molecule has 0 aliphatic rings. The number of carbonyl (C=O) groups excluding carboxylic acids is 2. The maximum atomic E-state index is 13.0. The SMILES string of the molecule is CCCNC(=O)[C@@H](CC)N(Cc1ccccc1)C(=O)CCc1ccccc1. The minimum Gasteiger partial charge on any atom is -0.354 e. The van der Waals surface area contributed by atoms with Crippen LogP contribution in [0.5, 0.6) is 0 Å². The van der Waals surface area contributed by atoms with Crippen molar-refractivity contribution in [2.24, 2.45) is 0 Å². The molecule has 4 nitrogen and oxygen atoms in total. The molecule has 0 bridgehead atoms. The van der Waals surface area contributed by atoms with Crippen molar-refractivity contribution >= 4 is 11.8 Å². The second-order valence-corrected chi connectivity index (χ2v) is 6.71. The van der Waals surface area contributed by atoms with Crippen LogP contribution >= 0.6 is 0 Å². The van der Waals surface area contributed by atoms with Gasteiger partial charge in [-0.3, -0.25) is 9.59 Å². The Hall–Kier alpha value is -2.62. The molecule has 4 heteroatoms. The summed E-state index contributed by atoms with van der Waals surface area (Å²) in [5.74, 6) is -0.0513. The summed E-state index contributed by atoms with van der Waals surface area (Å²) >= 11 is 0. The molecule has 0 spiro atoms. The van der Waals surface area contributed by atoms with E-state index < -0.39 is 6.04 Å². The van der Waals surface area contributed by atoms with E-state index in [0.29, 0.717) is 32.4 Å². The van der Waals surface area contributed by atoms with Crippen LogP contribution in [0.1, 0.15) is 44.2 Å². The van der Waals surface area contributed by atoms with Gasteiger partial charge in [0.2, 0.25) is 11.8 Å². The van der Waals surface area contributed by atoms with Crippen molar-refractivity contribution in [1.82, 2.24) is 10.2 Å². The van der Waals surface area contributed by atoms with Gasteiger partial charge in [0.05, 0.1) is 0 Å². The van der Waals surface area contributed by atoms with E-state index >= 15 is 0 Å². The lowest BCUT2D eigenvalue weighted by atomic mass is 10.1. The maximum absolute atomic E-state index is 13.0. The number of rotatable bonds is 10. The largest absolute Gasteiger partial charge is 0.354 e. The van der Waals surface area contributed by atoms with E-state index in [2.05, 4.69) is 5.32 Å². The molecule has 1 atom stereocenters. The number of nitrogens with zero attached hydrogens (tertiary/aromatic N) is 1. The van der Waals surface area contributed by atoms with Crippen LogP contribution in [-0.4, -0.2) is 29.3 Å². The average Bonchev–Trinajstić information content (AvgIpc) is 2.71. The van der Waals surface area contributed by atoms with Gasteiger partial charge in [-0.25, -0.2) is 0 Å². The molecule has 0 radical (unpaired) electrons. The van der Waals surface area contributed by atoms with E-state index in [9.17, 15) is 9.59 Å². The van der Waals surface area contributed by atoms with Crippen LogP contribution in [0.3, 0.4) is 0 Å². The lowest BCUT2D eigenvalue weighted by Crippen LogP contribution is -2.49. The van der Waals surface area contributed by atoms with Crippen molar-refractivity contribution in [3.63, 3.8) is 0 Å². The smallest absolute Gasteiger partial charge is 0.242 e. The van der Waals surface area contributed by atoms with Gasteiger partial charge < -0.3 is 10.2 Å². The monoisotopic (exact) mass is 366 g/mol. The van der Waals surface area contributed by atoms with Gasteiger partial charge in [0.15, 0.2) is 0 Å². The van der Waals surface area contributed by atoms with Crippen LogP contribution in [-0.2, 0) is 22.6 Å². The fourth-order valence-corrected chi connectivity index (χ4v) is 3.11. The number of hydrogen-bond donors (Lipinski definition) is 1. The van der Waals surface area contributed by atoms with Gasteiger partial charge in [-0.2, -0.15) is 0 Å². The van der Waals surface area contributed by atoms with Gasteiger partial charge in [-0.05, 0) is 30.4 Å². The molecule has 0 aliphatic carbocycles. The molecule has 0 saturated carbocycles. The minimum atomic E-state index is -0.444. The number of benzene rings is 2. The summed E-state index contributed by atoms with van der Waals surface area (Å²) in [5, 5.41) is 2.95. The van der Waals surface area contributed by atoms with Crippen molar-refractivity contribution in [1.29, 1.82) is 0 Å². The van der Waals surface area contributed by atoms with Crippen molar-refractivity contribution in [3.05, 3.63) is 71.8 Å². The number of amides is 2. The van der Waals surface area contributed by atoms with Gasteiger partial charge in [0, 0.05) is 19.5 Å². The number of carbonyl (C=O) groups is 2. The lowest BCUT2D eigenvalue weighted by molar-refractivity contribution is -0.141. The van der Waals surface area contributed by atoms with Crippen molar-refractivity contribution in [2.45, 2.75) is 52.1 Å². The summed E-state index contributed by atoms with van der Waals surface area (Å²) < 4.78 is 0. The Morgan fingerprint density at radius 3 is 2.07 bits per heavy atom. The van der Waals surface area contributed by atoms with Crippen LogP contribution < -0.4 is 5.32 Å². The molecule has 0 fully saturated rings. The first-order chi connectivity index (χ1) is 13.2. The topological polar surface area (TPSA) is 49.4 Å². The Bertz CT molecular complexity index is 701. The highest BCUT2D eigenvalue weighted by molar-refractivity contribution is 5.87. The fraction of sp³-hybridized carbons (Fsp3) is 0.391. The molecule has 2 aromatic rings. The lowest BCUT2D eigenvalue weighted by Gasteiger charge is -2.30. The predicted octanol–water partition coefficient (Wildman–Crippen LogP) is 3.95. The van der Waals surface area contributed by atoms with Gasteiger partial charge in [-0.1, -0.05) is 74.5 Å². The highest BCUT2D eigenvalue weighted by Gasteiger charge is 2.28. The third kappa shape index (κ3) is 6.55. The summed E-state index contributed by atoms with van der Waals surface area (Å²) in [4.78, 5) is 27.4. The van der Waals surface area contributed by atoms with E-state index in [1.807, 2.05) is 74.5 Å². The van der Waals surface area contributed by atoms with E-state index in [1.54, 1.807) is 4.90 Å². The molecule has 27 heavy (non-hydrogen) atoms. The highest BCUT2D eigenvalue weighted by atomic mass is 16.2. The minimum absolute atomic E-state index is 0.0150. The number of aryl methyl sites for hydroxylation is 1. The van der Waals surface area contributed by atoms with Crippen LogP contribution in [0.4, 0.5) is 0 Å². The van der Waals surface area contributed by atoms with Crippen molar-refractivity contribution in [3.8, 4) is 0 Å². The first-order valence-corrected chi connectivity index (χ1v) is 9.80. The second-order valence-electron chi connectivity index (χ2n) is 6.71. The molecule has 0 aromatic heterocycles. The van der Waals surface area contributed by atoms with Crippen molar-refractivity contribution in [2.75, 3.05) is 6.54 Å². The summed E-state index contributed by atoms with van der Waals surface area (Å²) in [6.45, 7) is 5.06. The maximum Gasteiger partial charge on any atom is 0.242 e. The molecular formula is C23H30N2O2. The van der Waals surface area contributed by atoms with Gasteiger partial charge in [0.25, 0.3) is 0 Å². The quantitative estimate of drug-likeness (QED) is 0.692. The second kappa shape index (κ2) is 11.2. The van der Waals surface area contributed by atoms with Gasteiger partial charge in [0.1, 0.15) is 6.04 Å². The third-order valence-electron chi connectivity index (χ3n) is 4.60. The number of hydrogen-bond acceptors (Lipinski definition) is 2. The molecule has 2 amide bonds. The average molecular weight is 367 g/mol. The molecule has 0 saturated heterocycles. The normalized spacial score (nSPS) is 11.6. The Kier molecular flexibility index (Phi) is 8.56. The van der Waals surface area contributed by atoms with E-state index in [4.69, 9.17) is 0 Å².